The van der Waals surface area contributed by atoms with Crippen LogP contribution >= 0.6 is 11.8 Å². The summed E-state index contributed by atoms with van der Waals surface area (Å²) in [5.74, 6) is 0.792. The van der Waals surface area contributed by atoms with Crippen LogP contribution in [0.1, 0.15) is 94.9 Å². The summed E-state index contributed by atoms with van der Waals surface area (Å²) in [6.07, 6.45) is 3.80. The van der Waals surface area contributed by atoms with E-state index < -0.39 is 17.6 Å². The zero-order chi connectivity index (χ0) is 60.6. The SMILES string of the molecule is CCCOCCOCCOCCOC(=O)C(C)CSCCC[Si](OCC)(OCC)OCC.CCCOCCOCCOCCOCCOCCOCCOCCOCCOCCOC(=O)C(C)CNCCC[Si](OCC)(OCC)OCC. The lowest BCUT2D eigenvalue weighted by Crippen LogP contribution is -2.46. The van der Waals surface area contributed by atoms with Gasteiger partial charge >= 0.3 is 29.5 Å². The molecule has 0 radical (unpaired) electrons. The molecule has 0 heterocycles. The van der Waals surface area contributed by atoms with Crippen molar-refractivity contribution in [3.05, 3.63) is 0 Å². The molecule has 2 unspecified atom stereocenters. The summed E-state index contributed by atoms with van der Waals surface area (Å²) in [5.41, 5.74) is 0. The van der Waals surface area contributed by atoms with Crippen LogP contribution in [0.2, 0.25) is 12.1 Å². The zero-order valence-electron chi connectivity index (χ0n) is 52.7. The van der Waals surface area contributed by atoms with Crippen LogP contribution in [-0.4, -0.2) is 266 Å². The monoisotopic (exact) mass is 1240 g/mol. The Morgan fingerprint density at radius 2 is 0.610 bits per heavy atom. The number of ether oxygens (including phenoxy) is 14. The number of esters is 2. The van der Waals surface area contributed by atoms with E-state index in [0.717, 1.165) is 69.0 Å². The molecule has 0 saturated carbocycles. The Labute approximate surface area is 502 Å². The van der Waals surface area contributed by atoms with Crippen molar-refractivity contribution in [2.75, 3.05) is 236 Å². The maximum atomic E-state index is 12.2. The first-order chi connectivity index (χ1) is 40.1. The van der Waals surface area contributed by atoms with E-state index in [1.165, 1.54) is 0 Å². The number of hydrogen-bond acceptors (Lipinski definition) is 24. The van der Waals surface area contributed by atoms with E-state index in [1.807, 2.05) is 55.4 Å². The van der Waals surface area contributed by atoms with E-state index in [4.69, 9.17) is 92.9 Å². The molecule has 0 aliphatic heterocycles. The van der Waals surface area contributed by atoms with Gasteiger partial charge in [-0.15, -0.1) is 0 Å². The quantitative estimate of drug-likeness (QED) is 0.0386. The van der Waals surface area contributed by atoms with Gasteiger partial charge in [0.2, 0.25) is 0 Å². The van der Waals surface area contributed by atoms with Crippen LogP contribution in [0.25, 0.3) is 0 Å². The van der Waals surface area contributed by atoms with Crippen LogP contribution < -0.4 is 5.32 Å². The maximum absolute atomic E-state index is 12.2. The first-order valence-electron chi connectivity index (χ1n) is 30.5. The lowest BCUT2D eigenvalue weighted by Gasteiger charge is -2.28. The van der Waals surface area contributed by atoms with Crippen LogP contribution in [-0.2, 0) is 102 Å². The molecular weight excluding hydrogens is 1130 g/mol. The van der Waals surface area contributed by atoms with Crippen LogP contribution in [0.5, 0.6) is 0 Å². The normalized spacial score (nSPS) is 12.6. The Hall–Kier alpha value is -1.04. The molecule has 26 heteroatoms. The van der Waals surface area contributed by atoms with Gasteiger partial charge in [-0.1, -0.05) is 27.7 Å². The fourth-order valence-corrected chi connectivity index (χ4v) is 13.4. The summed E-state index contributed by atoms with van der Waals surface area (Å²) >= 11 is 1.74. The third-order valence-electron chi connectivity index (χ3n) is 10.8. The number of nitrogens with one attached hydrogen (secondary N) is 1. The summed E-state index contributed by atoms with van der Waals surface area (Å²) in [6.45, 7) is 37.4. The number of carbonyl (C=O) groups excluding carboxylic acids is 2. The highest BCUT2D eigenvalue weighted by Gasteiger charge is 2.40. The van der Waals surface area contributed by atoms with Crippen molar-refractivity contribution in [1.29, 1.82) is 0 Å². The molecule has 2 atom stereocenters. The molecule has 0 amide bonds. The molecule has 0 aliphatic rings. The number of hydrogen-bond donors (Lipinski definition) is 1. The number of thioether (sulfide) groups is 1. The molecule has 82 heavy (non-hydrogen) atoms. The molecule has 492 valence electrons. The highest BCUT2D eigenvalue weighted by atomic mass is 32.2. The van der Waals surface area contributed by atoms with Crippen molar-refractivity contribution in [3.8, 4) is 0 Å². The second kappa shape index (κ2) is 65.9. The van der Waals surface area contributed by atoms with E-state index in [2.05, 4.69) is 19.2 Å². The second-order valence-electron chi connectivity index (χ2n) is 17.9. The molecule has 0 saturated heterocycles. The van der Waals surface area contributed by atoms with Gasteiger partial charge in [0.1, 0.15) is 13.2 Å². The Morgan fingerprint density at radius 1 is 0.354 bits per heavy atom. The number of rotatable bonds is 66. The van der Waals surface area contributed by atoms with Crippen LogP contribution in [0.15, 0.2) is 0 Å². The van der Waals surface area contributed by atoms with Gasteiger partial charge in [0.25, 0.3) is 0 Å². The van der Waals surface area contributed by atoms with Crippen molar-refractivity contribution in [3.63, 3.8) is 0 Å². The minimum Gasteiger partial charge on any atom is -0.463 e. The first-order valence-corrected chi connectivity index (χ1v) is 35.5. The van der Waals surface area contributed by atoms with Crippen molar-refractivity contribution in [1.82, 2.24) is 5.32 Å². The Balaban J connectivity index is 0. The van der Waals surface area contributed by atoms with Gasteiger partial charge in [-0.2, -0.15) is 11.8 Å². The predicted molar refractivity (Wildman–Crippen MR) is 321 cm³/mol. The van der Waals surface area contributed by atoms with E-state index >= 15 is 0 Å². The summed E-state index contributed by atoms with van der Waals surface area (Å²) < 4.78 is 111. The summed E-state index contributed by atoms with van der Waals surface area (Å²) in [4.78, 5) is 24.3. The average molecular weight is 1240 g/mol. The lowest BCUT2D eigenvalue weighted by atomic mass is 10.2. The molecule has 0 aromatic carbocycles. The predicted octanol–water partition coefficient (Wildman–Crippen LogP) is 6.55. The average Bonchev–Trinajstić information content (AvgIpc) is 3.47. The molecule has 0 fully saturated rings. The largest absolute Gasteiger partial charge is 0.500 e. The van der Waals surface area contributed by atoms with Gasteiger partial charge in [-0.3, -0.25) is 9.59 Å². The third kappa shape index (κ3) is 55.5. The molecule has 1 N–H and O–H groups in total. The van der Waals surface area contributed by atoms with Gasteiger partial charge in [0, 0.05) is 77.2 Å². The van der Waals surface area contributed by atoms with E-state index in [1.54, 1.807) is 11.8 Å². The molecule has 23 nitrogen and oxygen atoms in total. The van der Waals surface area contributed by atoms with Crippen LogP contribution in [0.3, 0.4) is 0 Å². The third-order valence-corrected chi connectivity index (χ3v) is 18.4. The molecule has 0 bridgehead atoms. The van der Waals surface area contributed by atoms with Crippen molar-refractivity contribution < 1.29 is 102 Å². The highest BCUT2D eigenvalue weighted by molar-refractivity contribution is 7.99. The standard InChI is InChI=1S/C34H71NO14Si.C22H46O8SSi/c1-6-12-37-13-14-38-15-16-39-17-18-40-19-20-41-21-22-42-23-24-43-25-26-44-27-28-45-29-30-46-34(36)33(5)32-35-11-10-31-50(47-7-2,48-8-3)49-9-4;1-6-11-24-12-13-25-14-15-26-16-17-27-22(23)21(5)20-31-18-10-19-32(28-7-2,29-8-3)30-9-4/h33,35H,6-32H2,1-5H3;21H,6-20H2,1-5H3. The smallest absolute Gasteiger partial charge is 0.463 e. The molecule has 0 aliphatic carbocycles. The zero-order valence-corrected chi connectivity index (χ0v) is 55.6. The number of carbonyl (C=O) groups is 2. The van der Waals surface area contributed by atoms with Gasteiger partial charge in [-0.25, -0.2) is 0 Å². The minimum atomic E-state index is -2.63. The topological polar surface area (TPSA) is 231 Å². The Kier molecular flexibility index (Phi) is 66.8. The molecular formula is C56H117NO22SSi2. The summed E-state index contributed by atoms with van der Waals surface area (Å²) in [7, 11) is -5.20. The minimum absolute atomic E-state index is 0.154. The summed E-state index contributed by atoms with van der Waals surface area (Å²) in [5, 5.41) is 3.31. The lowest BCUT2D eigenvalue weighted by molar-refractivity contribution is -0.150. The van der Waals surface area contributed by atoms with E-state index in [0.29, 0.717) is 192 Å². The van der Waals surface area contributed by atoms with Crippen molar-refractivity contribution >= 4 is 41.3 Å². The van der Waals surface area contributed by atoms with Crippen LogP contribution in [0, 0.1) is 11.8 Å². The Morgan fingerprint density at radius 3 is 0.890 bits per heavy atom. The highest BCUT2D eigenvalue weighted by Crippen LogP contribution is 2.21. The molecule has 0 rings (SSSR count). The maximum Gasteiger partial charge on any atom is 0.500 e. The van der Waals surface area contributed by atoms with E-state index in [-0.39, 0.29) is 37.0 Å². The van der Waals surface area contributed by atoms with Gasteiger partial charge in [0.05, 0.1) is 157 Å². The van der Waals surface area contributed by atoms with Gasteiger partial charge in [0.15, 0.2) is 0 Å². The van der Waals surface area contributed by atoms with Crippen molar-refractivity contribution in [2.24, 2.45) is 11.8 Å². The van der Waals surface area contributed by atoms with Gasteiger partial charge in [-0.05, 0) is 79.5 Å². The molecule has 0 aromatic heterocycles. The van der Waals surface area contributed by atoms with Crippen molar-refractivity contribution in [2.45, 2.75) is 107 Å². The van der Waals surface area contributed by atoms with Gasteiger partial charge < -0.3 is 98.2 Å². The molecule has 0 aromatic rings. The fraction of sp³-hybridized carbons (Fsp3) is 0.964. The van der Waals surface area contributed by atoms with Crippen LogP contribution in [0.4, 0.5) is 0 Å². The molecule has 0 spiro atoms. The Bertz CT molecular complexity index is 1280. The fourth-order valence-electron chi connectivity index (χ4n) is 6.93. The van der Waals surface area contributed by atoms with E-state index in [9.17, 15) is 9.59 Å². The first kappa shape index (κ1) is 83.0. The summed E-state index contributed by atoms with van der Waals surface area (Å²) in [6, 6.07) is 1.53. The second-order valence-corrected chi connectivity index (χ2v) is 24.5.